The summed E-state index contributed by atoms with van der Waals surface area (Å²) < 4.78 is 28.2. The van der Waals surface area contributed by atoms with Gasteiger partial charge in [0.15, 0.2) is 0 Å². The maximum Gasteiger partial charge on any atom is 0.243 e. The lowest BCUT2D eigenvalue weighted by atomic mass is 9.60. The minimum Gasteiger partial charge on any atom is -0.378 e. The Labute approximate surface area is 186 Å². The summed E-state index contributed by atoms with van der Waals surface area (Å²) in [7, 11) is -3.39. The fourth-order valence-electron chi connectivity index (χ4n) is 7.10. The highest BCUT2D eigenvalue weighted by Gasteiger charge is 2.48. The predicted molar refractivity (Wildman–Crippen MR) is 124 cm³/mol. The van der Waals surface area contributed by atoms with Crippen LogP contribution in [0.25, 0.3) is 0 Å². The fraction of sp³-hybridized carbons (Fsp3) is 0.538. The number of fused-ring (bicyclic) bond motifs is 5. The minimum atomic E-state index is -3.39. The molecule has 3 fully saturated rings. The first-order valence-electron chi connectivity index (χ1n) is 12.1. The number of benzene rings is 2. The molecule has 2 aromatic carbocycles. The van der Waals surface area contributed by atoms with E-state index in [2.05, 4.69) is 35.6 Å². The average Bonchev–Trinajstić information content (AvgIpc) is 3.51. The lowest BCUT2D eigenvalue weighted by molar-refractivity contribution is 0.129. The van der Waals surface area contributed by atoms with Crippen molar-refractivity contribution in [1.29, 1.82) is 0 Å². The Balaban J connectivity index is 1.43. The Bertz CT molecular complexity index is 1060. The summed E-state index contributed by atoms with van der Waals surface area (Å²) in [6.45, 7) is 1.31. The first-order chi connectivity index (χ1) is 15.1. The Morgan fingerprint density at radius 1 is 0.871 bits per heavy atom. The van der Waals surface area contributed by atoms with E-state index in [1.54, 1.807) is 4.31 Å². The third-order valence-corrected chi connectivity index (χ3v) is 10.4. The van der Waals surface area contributed by atoms with Crippen molar-refractivity contribution in [1.82, 2.24) is 4.31 Å². The van der Waals surface area contributed by atoms with Crippen molar-refractivity contribution in [2.24, 2.45) is 17.8 Å². The maximum atomic E-state index is 13.3. The van der Waals surface area contributed by atoms with Crippen LogP contribution in [-0.4, -0.2) is 25.8 Å². The molecule has 2 aliphatic heterocycles. The molecule has 0 radical (unpaired) electrons. The Morgan fingerprint density at radius 2 is 1.68 bits per heavy atom. The van der Waals surface area contributed by atoms with Crippen LogP contribution < -0.4 is 5.32 Å². The van der Waals surface area contributed by atoms with Crippen molar-refractivity contribution < 1.29 is 8.42 Å². The molecule has 31 heavy (non-hydrogen) atoms. The molecule has 5 heteroatoms. The van der Waals surface area contributed by atoms with Crippen LogP contribution in [0.3, 0.4) is 0 Å². The number of anilines is 1. The quantitative estimate of drug-likeness (QED) is 0.686. The van der Waals surface area contributed by atoms with Gasteiger partial charge in [-0.1, -0.05) is 43.2 Å². The molecule has 2 aromatic rings. The zero-order valence-electron chi connectivity index (χ0n) is 18.0. The van der Waals surface area contributed by atoms with Crippen LogP contribution in [0.5, 0.6) is 0 Å². The molecule has 0 amide bonds. The average molecular weight is 437 g/mol. The monoisotopic (exact) mass is 436 g/mol. The highest BCUT2D eigenvalue weighted by atomic mass is 32.2. The van der Waals surface area contributed by atoms with E-state index in [0.717, 1.165) is 30.4 Å². The summed E-state index contributed by atoms with van der Waals surface area (Å²) in [4.78, 5) is 0.486. The fourth-order valence-corrected chi connectivity index (χ4v) is 8.66. The zero-order valence-corrected chi connectivity index (χ0v) is 18.9. The second kappa shape index (κ2) is 7.63. The maximum absolute atomic E-state index is 13.3. The molecule has 5 atom stereocenters. The topological polar surface area (TPSA) is 49.4 Å². The van der Waals surface area contributed by atoms with Crippen molar-refractivity contribution >= 4 is 15.7 Å². The summed E-state index contributed by atoms with van der Waals surface area (Å²) >= 11 is 0. The third kappa shape index (κ3) is 3.23. The van der Waals surface area contributed by atoms with E-state index in [9.17, 15) is 8.42 Å². The Kier molecular flexibility index (Phi) is 4.87. The van der Waals surface area contributed by atoms with Gasteiger partial charge in [0.05, 0.1) is 10.9 Å². The number of hydrogen-bond acceptors (Lipinski definition) is 3. The van der Waals surface area contributed by atoms with E-state index in [1.165, 1.54) is 43.2 Å². The number of nitrogens with zero attached hydrogens (tertiary/aromatic N) is 1. The molecule has 0 aromatic heterocycles. The van der Waals surface area contributed by atoms with E-state index in [-0.39, 0.29) is 0 Å². The van der Waals surface area contributed by atoms with Crippen LogP contribution in [0.4, 0.5) is 5.69 Å². The summed E-state index contributed by atoms with van der Waals surface area (Å²) in [6, 6.07) is 17.1. The lowest BCUT2D eigenvalue weighted by Crippen LogP contribution is -2.41. The summed E-state index contributed by atoms with van der Waals surface area (Å²) in [5.41, 5.74) is 3.74. The van der Waals surface area contributed by atoms with E-state index < -0.39 is 10.0 Å². The second-order valence-corrected chi connectivity index (χ2v) is 11.9. The van der Waals surface area contributed by atoms with Crippen molar-refractivity contribution in [3.8, 4) is 0 Å². The Hall–Kier alpha value is -1.85. The highest BCUT2D eigenvalue weighted by Crippen LogP contribution is 2.59. The molecule has 2 heterocycles. The first-order valence-corrected chi connectivity index (χ1v) is 13.5. The normalized spacial score (nSPS) is 32.7. The molecule has 0 bridgehead atoms. The lowest BCUT2D eigenvalue weighted by Gasteiger charge is -2.49. The van der Waals surface area contributed by atoms with Gasteiger partial charge in [0, 0.05) is 18.8 Å². The minimum absolute atomic E-state index is 0.311. The van der Waals surface area contributed by atoms with E-state index in [0.29, 0.717) is 35.9 Å². The molecule has 2 aliphatic carbocycles. The molecular weight excluding hydrogens is 404 g/mol. The van der Waals surface area contributed by atoms with Crippen LogP contribution in [0, 0.1) is 17.8 Å². The molecule has 2 saturated carbocycles. The van der Waals surface area contributed by atoms with Gasteiger partial charge in [-0.05, 0) is 85.1 Å². The number of sulfonamides is 1. The van der Waals surface area contributed by atoms with Gasteiger partial charge in [-0.25, -0.2) is 8.42 Å². The van der Waals surface area contributed by atoms with Gasteiger partial charge < -0.3 is 5.32 Å². The van der Waals surface area contributed by atoms with Crippen LogP contribution in [0.1, 0.15) is 68.0 Å². The van der Waals surface area contributed by atoms with Gasteiger partial charge in [-0.2, -0.15) is 4.31 Å². The summed E-state index contributed by atoms with van der Waals surface area (Å²) in [5.74, 6) is 2.56. The molecule has 4 aliphatic rings. The Morgan fingerprint density at radius 3 is 2.48 bits per heavy atom. The van der Waals surface area contributed by atoms with E-state index in [4.69, 9.17) is 0 Å². The van der Waals surface area contributed by atoms with Gasteiger partial charge in [0.1, 0.15) is 0 Å². The number of nitrogens with one attached hydrogen (secondary N) is 1. The largest absolute Gasteiger partial charge is 0.378 e. The third-order valence-electron chi connectivity index (χ3n) is 8.51. The van der Waals surface area contributed by atoms with Crippen molar-refractivity contribution in [3.05, 3.63) is 59.7 Å². The number of hydrogen-bond donors (Lipinski definition) is 1. The molecule has 164 valence electrons. The van der Waals surface area contributed by atoms with Crippen LogP contribution >= 0.6 is 0 Å². The summed E-state index contributed by atoms with van der Waals surface area (Å²) in [6.07, 6.45) is 8.43. The molecule has 6 rings (SSSR count). The standard InChI is InChI=1S/C26H32N2O2S/c29-31(30,28-15-4-5-16-28)20-12-14-24-23(17-20)22-13-11-18-9-6-10-21(18)25(22)26(27-24)19-7-2-1-3-8-19/h1-3,7-8,12,14,17-18,21-22,25-27H,4-6,9-11,13,15-16H2. The molecular formula is C26H32N2O2S. The van der Waals surface area contributed by atoms with Crippen LogP contribution in [0.15, 0.2) is 53.4 Å². The van der Waals surface area contributed by atoms with Crippen molar-refractivity contribution in [3.63, 3.8) is 0 Å². The number of rotatable bonds is 3. The SMILES string of the molecule is O=S(=O)(c1ccc2c(c1)C1CCC3CCCC3C1C(c1ccccc1)N2)N1CCCC1. The summed E-state index contributed by atoms with van der Waals surface area (Å²) in [5, 5.41) is 3.86. The van der Waals surface area contributed by atoms with Crippen molar-refractivity contribution in [2.75, 3.05) is 18.4 Å². The predicted octanol–water partition coefficient (Wildman–Crippen LogP) is 5.55. The van der Waals surface area contributed by atoms with Gasteiger partial charge in [0.25, 0.3) is 0 Å². The van der Waals surface area contributed by atoms with Gasteiger partial charge >= 0.3 is 0 Å². The molecule has 5 unspecified atom stereocenters. The molecule has 4 nitrogen and oxygen atoms in total. The molecule has 1 N–H and O–H groups in total. The van der Waals surface area contributed by atoms with Crippen LogP contribution in [0.2, 0.25) is 0 Å². The van der Waals surface area contributed by atoms with Crippen LogP contribution in [-0.2, 0) is 10.0 Å². The van der Waals surface area contributed by atoms with Crippen molar-refractivity contribution in [2.45, 2.75) is 61.8 Å². The smallest absolute Gasteiger partial charge is 0.243 e. The van der Waals surface area contributed by atoms with E-state index >= 15 is 0 Å². The molecule has 0 spiro atoms. The highest BCUT2D eigenvalue weighted by molar-refractivity contribution is 7.89. The first kappa shape index (κ1) is 19.8. The molecule has 1 saturated heterocycles. The van der Waals surface area contributed by atoms with Gasteiger partial charge in [0.2, 0.25) is 10.0 Å². The zero-order chi connectivity index (χ0) is 21.0. The van der Waals surface area contributed by atoms with Gasteiger partial charge in [-0.3, -0.25) is 0 Å². The van der Waals surface area contributed by atoms with Gasteiger partial charge in [-0.15, -0.1) is 0 Å². The second-order valence-electron chi connectivity index (χ2n) is 10.0. The van der Waals surface area contributed by atoms with E-state index in [1.807, 2.05) is 18.2 Å².